The average Bonchev–Trinajstić information content (AvgIpc) is 2.83. The van der Waals surface area contributed by atoms with Gasteiger partial charge < -0.3 is 20.3 Å². The summed E-state index contributed by atoms with van der Waals surface area (Å²) in [4.78, 5) is 35.6. The summed E-state index contributed by atoms with van der Waals surface area (Å²) >= 11 is 5.84. The minimum Gasteiger partial charge on any atom is -0.442 e. The van der Waals surface area contributed by atoms with Crippen molar-refractivity contribution in [3.8, 4) is 0 Å². The van der Waals surface area contributed by atoms with Crippen molar-refractivity contribution in [2.24, 2.45) is 4.99 Å². The number of amides is 2. The number of likely N-dealkylation sites (tertiary alicyclic amines) is 1. The van der Waals surface area contributed by atoms with E-state index in [4.69, 9.17) is 16.3 Å². The van der Waals surface area contributed by atoms with E-state index in [9.17, 15) is 18.0 Å². The van der Waals surface area contributed by atoms with Crippen molar-refractivity contribution in [3.63, 3.8) is 0 Å². The summed E-state index contributed by atoms with van der Waals surface area (Å²) in [5, 5.41) is 6.14. The van der Waals surface area contributed by atoms with Crippen molar-refractivity contribution in [1.82, 2.24) is 15.2 Å². The first-order valence-corrected chi connectivity index (χ1v) is 14.8. The lowest BCUT2D eigenvalue weighted by atomic mass is 9.88. The van der Waals surface area contributed by atoms with Crippen molar-refractivity contribution in [1.29, 1.82) is 0 Å². The molecule has 0 unspecified atom stereocenters. The minimum atomic E-state index is -3.97. The maximum absolute atomic E-state index is 15.3. The second-order valence-electron chi connectivity index (χ2n) is 11.5. The van der Waals surface area contributed by atoms with E-state index < -0.39 is 49.3 Å². The van der Waals surface area contributed by atoms with E-state index in [0.29, 0.717) is 18.1 Å². The van der Waals surface area contributed by atoms with Crippen LogP contribution in [0.4, 0.5) is 14.9 Å². The van der Waals surface area contributed by atoms with Gasteiger partial charge in [-0.3, -0.25) is 4.79 Å². The van der Waals surface area contributed by atoms with Crippen LogP contribution in [0, 0.1) is 5.82 Å². The number of pyridine rings is 1. The Morgan fingerprint density at radius 1 is 1.20 bits per heavy atom. The number of carbonyl (C=O) groups excluding carboxylic acids is 2. The van der Waals surface area contributed by atoms with Crippen LogP contribution < -0.4 is 10.6 Å². The molecule has 1 atom stereocenters. The standard InChI is InChI=1S/C27H33ClFN5O5S/c1-25(2,3)39-24(36)32-23-27(10-12-34(5)13-11-27)40(37,38)16-26(4,33-23)19-14-18(7-8-20(19)29)31-22(35)21-9-6-17(28)15-30-21/h6-9,14-15H,10-13,16H2,1-5H3,(H,31,35)(H,32,33,36)/t26-/m0/s1. The summed E-state index contributed by atoms with van der Waals surface area (Å²) in [6, 6.07) is 6.83. The molecule has 0 aliphatic carbocycles. The highest BCUT2D eigenvalue weighted by molar-refractivity contribution is 7.93. The lowest BCUT2D eigenvalue weighted by Crippen LogP contribution is -2.68. The number of rotatable bonds is 3. The fraction of sp³-hybridized carbons (Fsp3) is 0.481. The summed E-state index contributed by atoms with van der Waals surface area (Å²) in [5.41, 5.74) is -2.06. The number of amidine groups is 1. The van der Waals surface area contributed by atoms with Gasteiger partial charge in [-0.1, -0.05) is 11.6 Å². The first kappa shape index (κ1) is 29.9. The van der Waals surface area contributed by atoms with E-state index in [-0.39, 0.29) is 35.6 Å². The number of aliphatic imine (C=N–C) groups is 1. The number of anilines is 1. The fourth-order valence-electron chi connectivity index (χ4n) is 4.99. The summed E-state index contributed by atoms with van der Waals surface area (Å²) in [5.74, 6) is -1.77. The Morgan fingerprint density at radius 2 is 1.88 bits per heavy atom. The van der Waals surface area contributed by atoms with Crippen LogP contribution in [0.2, 0.25) is 5.02 Å². The molecule has 0 bridgehead atoms. The van der Waals surface area contributed by atoms with Crippen molar-refractivity contribution in [3.05, 3.63) is 58.6 Å². The predicted octanol–water partition coefficient (Wildman–Crippen LogP) is 4.16. The average molecular weight is 594 g/mol. The van der Waals surface area contributed by atoms with Crippen LogP contribution in [0.5, 0.6) is 0 Å². The number of benzene rings is 1. The number of hydrogen-bond donors (Lipinski definition) is 2. The molecule has 2 aliphatic rings. The summed E-state index contributed by atoms with van der Waals surface area (Å²) < 4.78 is 47.3. The van der Waals surface area contributed by atoms with Gasteiger partial charge in [0.2, 0.25) is 0 Å². The lowest BCUT2D eigenvalue weighted by molar-refractivity contribution is 0.0601. The Bertz CT molecular complexity index is 1450. The minimum absolute atomic E-state index is 0.0161. The topological polar surface area (TPSA) is 130 Å². The lowest BCUT2D eigenvalue weighted by Gasteiger charge is -2.49. The zero-order chi connectivity index (χ0) is 29.5. The van der Waals surface area contributed by atoms with Gasteiger partial charge in [-0.25, -0.2) is 22.6 Å². The van der Waals surface area contributed by atoms with E-state index in [1.165, 1.54) is 37.4 Å². The van der Waals surface area contributed by atoms with Crippen LogP contribution >= 0.6 is 11.6 Å². The quantitative estimate of drug-likeness (QED) is 0.543. The molecule has 216 valence electrons. The Balaban J connectivity index is 1.73. The number of piperidine rings is 1. The zero-order valence-corrected chi connectivity index (χ0v) is 24.6. The van der Waals surface area contributed by atoms with Crippen LogP contribution in [-0.2, 0) is 20.1 Å². The molecule has 13 heteroatoms. The third-order valence-corrected chi connectivity index (χ3v) is 10.0. The highest BCUT2D eigenvalue weighted by Crippen LogP contribution is 2.41. The van der Waals surface area contributed by atoms with Crippen molar-refractivity contribution >= 4 is 45.0 Å². The molecule has 1 spiro atoms. The summed E-state index contributed by atoms with van der Waals surface area (Å²) in [7, 11) is -2.08. The molecule has 2 N–H and O–H groups in total. The molecule has 3 heterocycles. The molecule has 2 saturated heterocycles. The van der Waals surface area contributed by atoms with Crippen molar-refractivity contribution < 1.29 is 27.1 Å². The van der Waals surface area contributed by atoms with Gasteiger partial charge in [-0.15, -0.1) is 0 Å². The largest absolute Gasteiger partial charge is 0.442 e. The number of carbonyl (C=O) groups is 2. The second kappa shape index (κ2) is 10.7. The number of sulfone groups is 1. The molecule has 2 amide bonds. The van der Waals surface area contributed by atoms with Crippen LogP contribution in [0.3, 0.4) is 0 Å². The van der Waals surface area contributed by atoms with Gasteiger partial charge in [0.05, 0.1) is 16.3 Å². The molecule has 40 heavy (non-hydrogen) atoms. The maximum Gasteiger partial charge on any atom is 0.435 e. The van der Waals surface area contributed by atoms with Crippen LogP contribution in [-0.4, -0.2) is 72.4 Å². The van der Waals surface area contributed by atoms with E-state index in [1.54, 1.807) is 20.8 Å². The van der Waals surface area contributed by atoms with E-state index in [0.717, 1.165) is 6.07 Å². The fourth-order valence-corrected chi connectivity index (χ4v) is 7.56. The van der Waals surface area contributed by atoms with Crippen LogP contribution in [0.25, 0.3) is 0 Å². The molecule has 1 aromatic carbocycles. The number of nitrogens with one attached hydrogen (secondary N) is 2. The summed E-state index contributed by atoms with van der Waals surface area (Å²) in [6.07, 6.45) is 0.811. The van der Waals surface area contributed by atoms with Crippen molar-refractivity contribution in [2.45, 2.75) is 56.4 Å². The molecule has 10 nitrogen and oxygen atoms in total. The van der Waals surface area contributed by atoms with Gasteiger partial charge in [0.15, 0.2) is 9.84 Å². The first-order valence-electron chi connectivity index (χ1n) is 12.8. The van der Waals surface area contributed by atoms with Gasteiger partial charge >= 0.3 is 6.09 Å². The zero-order valence-electron chi connectivity index (χ0n) is 23.0. The molecule has 2 aromatic rings. The Labute approximate surface area is 238 Å². The Kier molecular flexibility index (Phi) is 8.00. The summed E-state index contributed by atoms with van der Waals surface area (Å²) in [6.45, 7) is 7.52. The highest BCUT2D eigenvalue weighted by atomic mass is 35.5. The van der Waals surface area contributed by atoms with E-state index in [1.807, 2.05) is 11.9 Å². The Morgan fingerprint density at radius 3 is 2.48 bits per heavy atom. The number of hydrogen-bond acceptors (Lipinski definition) is 7. The monoisotopic (exact) mass is 593 g/mol. The van der Waals surface area contributed by atoms with Gasteiger partial charge in [0.25, 0.3) is 5.91 Å². The Hall–Kier alpha value is -3.09. The van der Waals surface area contributed by atoms with Crippen molar-refractivity contribution in [2.75, 3.05) is 31.2 Å². The normalized spacial score (nSPS) is 23.4. The van der Waals surface area contributed by atoms with E-state index in [2.05, 4.69) is 20.6 Å². The molecule has 4 rings (SSSR count). The molecule has 0 saturated carbocycles. The number of halogens is 2. The number of nitrogens with zero attached hydrogens (tertiary/aromatic N) is 3. The molecule has 0 radical (unpaired) electrons. The highest BCUT2D eigenvalue weighted by Gasteiger charge is 2.58. The molecular formula is C27H33ClFN5O5S. The third-order valence-electron chi connectivity index (χ3n) is 7.07. The smallest absolute Gasteiger partial charge is 0.435 e. The van der Waals surface area contributed by atoms with Gasteiger partial charge in [0.1, 0.15) is 27.7 Å². The molecule has 2 aliphatic heterocycles. The molecule has 1 aromatic heterocycles. The van der Waals surface area contributed by atoms with Gasteiger partial charge in [0, 0.05) is 17.4 Å². The van der Waals surface area contributed by atoms with E-state index >= 15 is 4.39 Å². The maximum atomic E-state index is 15.3. The third kappa shape index (κ3) is 6.13. The molecular weight excluding hydrogens is 561 g/mol. The first-order chi connectivity index (χ1) is 18.5. The predicted molar refractivity (Wildman–Crippen MR) is 151 cm³/mol. The van der Waals surface area contributed by atoms with Crippen LogP contribution in [0.1, 0.15) is 56.6 Å². The number of ether oxygens (including phenoxy) is 1. The molecule has 2 fully saturated rings. The van der Waals surface area contributed by atoms with Gasteiger partial charge in [-0.05, 0) is 91.0 Å². The number of aromatic nitrogens is 1. The SMILES string of the molecule is CN1CCC2(CC1)C(=NC(=O)OC(C)(C)C)N[C@](C)(c1cc(NC(=O)c3ccc(Cl)cn3)ccc1F)CS2(=O)=O. The van der Waals surface area contributed by atoms with Crippen LogP contribution in [0.15, 0.2) is 41.5 Å². The second-order valence-corrected chi connectivity index (χ2v) is 14.2. The van der Waals surface area contributed by atoms with Gasteiger partial charge in [-0.2, -0.15) is 4.99 Å².